The highest BCUT2D eigenvalue weighted by atomic mass is 19.4. The van der Waals surface area contributed by atoms with E-state index in [-0.39, 0.29) is 12.0 Å². The molecule has 0 spiro atoms. The van der Waals surface area contributed by atoms with Crippen LogP contribution < -0.4 is 5.32 Å². The van der Waals surface area contributed by atoms with Gasteiger partial charge in [-0.2, -0.15) is 13.2 Å². The molecule has 1 rings (SSSR count). The summed E-state index contributed by atoms with van der Waals surface area (Å²) < 4.78 is 38.0. The summed E-state index contributed by atoms with van der Waals surface area (Å²) in [4.78, 5) is 0. The molecular weight excluding hydrogens is 239 g/mol. The molecule has 3 atom stereocenters. The molecule has 1 aliphatic carbocycles. The SMILES string of the molecule is CCCNC(CC(F)(F)F)C1CCCCC1CC. The monoisotopic (exact) mass is 265 g/mol. The average Bonchev–Trinajstić information content (AvgIpc) is 2.33. The molecule has 1 saturated carbocycles. The van der Waals surface area contributed by atoms with Gasteiger partial charge in [-0.15, -0.1) is 0 Å². The molecule has 0 aromatic heterocycles. The highest BCUT2D eigenvalue weighted by Crippen LogP contribution is 2.37. The van der Waals surface area contributed by atoms with Crippen LogP contribution in [0.2, 0.25) is 0 Å². The molecule has 0 aliphatic heterocycles. The molecule has 0 radical (unpaired) electrons. The van der Waals surface area contributed by atoms with E-state index in [2.05, 4.69) is 12.2 Å². The zero-order chi connectivity index (χ0) is 13.6. The Morgan fingerprint density at radius 1 is 1.17 bits per heavy atom. The summed E-state index contributed by atoms with van der Waals surface area (Å²) in [6, 6.07) is -0.379. The van der Waals surface area contributed by atoms with E-state index in [4.69, 9.17) is 0 Å². The molecule has 18 heavy (non-hydrogen) atoms. The Balaban J connectivity index is 2.66. The highest BCUT2D eigenvalue weighted by Gasteiger charge is 2.38. The molecule has 0 amide bonds. The molecule has 4 heteroatoms. The Morgan fingerprint density at radius 3 is 2.39 bits per heavy atom. The molecule has 3 unspecified atom stereocenters. The summed E-state index contributed by atoms with van der Waals surface area (Å²) in [5.74, 6) is 0.674. The maximum absolute atomic E-state index is 12.7. The van der Waals surface area contributed by atoms with Crippen molar-refractivity contribution in [2.75, 3.05) is 6.54 Å². The summed E-state index contributed by atoms with van der Waals surface area (Å²) in [7, 11) is 0. The smallest absolute Gasteiger partial charge is 0.313 e. The van der Waals surface area contributed by atoms with Crippen molar-refractivity contribution in [3.63, 3.8) is 0 Å². The normalized spacial score (nSPS) is 27.2. The van der Waals surface area contributed by atoms with E-state index in [1.807, 2.05) is 6.92 Å². The molecule has 0 heterocycles. The lowest BCUT2D eigenvalue weighted by Crippen LogP contribution is -2.44. The zero-order valence-electron chi connectivity index (χ0n) is 11.5. The third-order valence-electron chi connectivity index (χ3n) is 4.12. The maximum Gasteiger partial charge on any atom is 0.390 e. The van der Waals surface area contributed by atoms with Crippen LogP contribution in [0.4, 0.5) is 13.2 Å². The van der Waals surface area contributed by atoms with Crippen LogP contribution in [0.15, 0.2) is 0 Å². The molecule has 1 nitrogen and oxygen atoms in total. The van der Waals surface area contributed by atoms with Crippen LogP contribution in [0.3, 0.4) is 0 Å². The molecule has 0 aromatic rings. The van der Waals surface area contributed by atoms with Gasteiger partial charge in [-0.1, -0.05) is 39.5 Å². The van der Waals surface area contributed by atoms with Crippen molar-refractivity contribution in [3.8, 4) is 0 Å². The van der Waals surface area contributed by atoms with Gasteiger partial charge in [0.15, 0.2) is 0 Å². The van der Waals surface area contributed by atoms with E-state index >= 15 is 0 Å². The Kier molecular flexibility index (Phi) is 6.47. The van der Waals surface area contributed by atoms with Gasteiger partial charge in [0.25, 0.3) is 0 Å². The summed E-state index contributed by atoms with van der Waals surface area (Å²) in [6.45, 7) is 4.79. The summed E-state index contributed by atoms with van der Waals surface area (Å²) in [5, 5.41) is 3.14. The van der Waals surface area contributed by atoms with Crippen LogP contribution in [0.1, 0.15) is 58.8 Å². The lowest BCUT2D eigenvalue weighted by molar-refractivity contribution is -0.145. The summed E-state index contributed by atoms with van der Waals surface area (Å²) in [6.07, 6.45) is 1.49. The number of hydrogen-bond acceptors (Lipinski definition) is 1. The fourth-order valence-electron chi connectivity index (χ4n) is 3.23. The van der Waals surface area contributed by atoms with Gasteiger partial charge in [-0.05, 0) is 31.2 Å². The number of halogens is 3. The minimum absolute atomic E-state index is 0.205. The Morgan fingerprint density at radius 2 is 1.83 bits per heavy atom. The number of rotatable bonds is 6. The highest BCUT2D eigenvalue weighted by molar-refractivity contribution is 4.86. The van der Waals surface area contributed by atoms with Crippen molar-refractivity contribution in [2.24, 2.45) is 11.8 Å². The summed E-state index contributed by atoms with van der Waals surface area (Å²) in [5.41, 5.74) is 0. The minimum Gasteiger partial charge on any atom is -0.313 e. The Labute approximate surface area is 109 Å². The molecule has 1 aliphatic rings. The summed E-state index contributed by atoms with van der Waals surface area (Å²) >= 11 is 0. The van der Waals surface area contributed by atoms with E-state index in [1.165, 1.54) is 6.42 Å². The minimum atomic E-state index is -4.05. The molecule has 1 N–H and O–H groups in total. The predicted molar refractivity (Wildman–Crippen MR) is 68.5 cm³/mol. The van der Waals surface area contributed by atoms with E-state index in [0.29, 0.717) is 12.5 Å². The van der Waals surface area contributed by atoms with Gasteiger partial charge >= 0.3 is 6.18 Å². The maximum atomic E-state index is 12.7. The predicted octanol–water partition coefficient (Wildman–Crippen LogP) is 4.52. The molecule has 0 aromatic carbocycles. The quantitative estimate of drug-likeness (QED) is 0.744. The first-order chi connectivity index (χ1) is 8.48. The van der Waals surface area contributed by atoms with E-state index in [1.54, 1.807) is 0 Å². The Hall–Kier alpha value is -0.250. The first kappa shape index (κ1) is 15.8. The van der Waals surface area contributed by atoms with Gasteiger partial charge in [0.1, 0.15) is 0 Å². The fraction of sp³-hybridized carbons (Fsp3) is 1.00. The zero-order valence-corrected chi connectivity index (χ0v) is 11.5. The number of hydrogen-bond donors (Lipinski definition) is 1. The fourth-order valence-corrected chi connectivity index (χ4v) is 3.23. The van der Waals surface area contributed by atoms with Gasteiger partial charge in [0.05, 0.1) is 6.42 Å². The van der Waals surface area contributed by atoms with Crippen molar-refractivity contribution in [1.29, 1.82) is 0 Å². The van der Waals surface area contributed by atoms with Crippen LogP contribution in [-0.2, 0) is 0 Å². The van der Waals surface area contributed by atoms with Gasteiger partial charge in [-0.3, -0.25) is 0 Å². The first-order valence-corrected chi connectivity index (χ1v) is 7.28. The Bertz CT molecular complexity index is 228. The molecule has 0 saturated heterocycles. The lowest BCUT2D eigenvalue weighted by atomic mass is 9.73. The number of nitrogens with one attached hydrogen (secondary N) is 1. The first-order valence-electron chi connectivity index (χ1n) is 7.28. The van der Waals surface area contributed by atoms with Crippen molar-refractivity contribution < 1.29 is 13.2 Å². The molecule has 0 bridgehead atoms. The van der Waals surface area contributed by atoms with Crippen LogP contribution in [0, 0.1) is 11.8 Å². The van der Waals surface area contributed by atoms with Crippen LogP contribution in [0.5, 0.6) is 0 Å². The number of alkyl halides is 3. The van der Waals surface area contributed by atoms with Gasteiger partial charge in [0, 0.05) is 6.04 Å². The lowest BCUT2D eigenvalue weighted by Gasteiger charge is -2.37. The van der Waals surface area contributed by atoms with E-state index < -0.39 is 12.6 Å². The molecule has 108 valence electrons. The van der Waals surface area contributed by atoms with Crippen molar-refractivity contribution in [1.82, 2.24) is 5.32 Å². The second-order valence-corrected chi connectivity index (χ2v) is 5.50. The molecular formula is C14H26F3N. The van der Waals surface area contributed by atoms with Crippen molar-refractivity contribution >= 4 is 0 Å². The average molecular weight is 265 g/mol. The second-order valence-electron chi connectivity index (χ2n) is 5.50. The topological polar surface area (TPSA) is 12.0 Å². The molecule has 1 fully saturated rings. The third kappa shape index (κ3) is 5.17. The third-order valence-corrected chi connectivity index (χ3v) is 4.12. The second kappa shape index (κ2) is 7.37. The van der Waals surface area contributed by atoms with Crippen molar-refractivity contribution in [2.45, 2.75) is 71.0 Å². The van der Waals surface area contributed by atoms with Crippen LogP contribution >= 0.6 is 0 Å². The van der Waals surface area contributed by atoms with Crippen molar-refractivity contribution in [3.05, 3.63) is 0 Å². The largest absolute Gasteiger partial charge is 0.390 e. The van der Waals surface area contributed by atoms with Gasteiger partial charge < -0.3 is 5.32 Å². The van der Waals surface area contributed by atoms with E-state index in [0.717, 1.165) is 32.1 Å². The van der Waals surface area contributed by atoms with E-state index in [9.17, 15) is 13.2 Å². The van der Waals surface area contributed by atoms with Gasteiger partial charge in [0.2, 0.25) is 0 Å². The van der Waals surface area contributed by atoms with Crippen LogP contribution in [0.25, 0.3) is 0 Å². The van der Waals surface area contributed by atoms with Crippen LogP contribution in [-0.4, -0.2) is 18.8 Å². The standard InChI is InChI=1S/C14H26F3N/c1-3-9-18-13(10-14(15,16)17)12-8-6-5-7-11(12)4-2/h11-13,18H,3-10H2,1-2H3. The van der Waals surface area contributed by atoms with Gasteiger partial charge in [-0.25, -0.2) is 0 Å².